The van der Waals surface area contributed by atoms with Gasteiger partial charge in [0.2, 0.25) is 0 Å². The van der Waals surface area contributed by atoms with Crippen LogP contribution in [0.15, 0.2) is 22.7 Å². The summed E-state index contributed by atoms with van der Waals surface area (Å²) in [5.74, 6) is -0.702. The van der Waals surface area contributed by atoms with Crippen molar-refractivity contribution in [1.82, 2.24) is 0 Å². The first-order valence-corrected chi connectivity index (χ1v) is 6.17. The highest BCUT2D eigenvalue weighted by atomic mass is 79.9. The highest BCUT2D eigenvalue weighted by molar-refractivity contribution is 9.10. The summed E-state index contributed by atoms with van der Waals surface area (Å²) in [6.07, 6.45) is 0. The van der Waals surface area contributed by atoms with Crippen molar-refractivity contribution in [3.8, 4) is 5.75 Å². The Morgan fingerprint density at radius 2 is 2.00 bits per heavy atom. The first-order valence-electron chi connectivity index (χ1n) is 5.38. The van der Waals surface area contributed by atoms with Crippen LogP contribution in [0.4, 0.5) is 0 Å². The van der Waals surface area contributed by atoms with Gasteiger partial charge in [0.15, 0.2) is 0 Å². The smallest absolute Gasteiger partial charge is 0.339 e. The Labute approximate surface area is 114 Å². The van der Waals surface area contributed by atoms with Gasteiger partial charge in [0.25, 0.3) is 0 Å². The molecule has 6 heteroatoms. The van der Waals surface area contributed by atoms with Crippen molar-refractivity contribution in [3.05, 3.63) is 28.2 Å². The van der Waals surface area contributed by atoms with Crippen molar-refractivity contribution < 1.29 is 24.1 Å². The monoisotopic (exact) mass is 318 g/mol. The fourth-order valence-electron chi connectivity index (χ4n) is 1.27. The van der Waals surface area contributed by atoms with E-state index in [1.54, 1.807) is 19.2 Å². The quantitative estimate of drug-likeness (QED) is 0.744. The number of hydrogen-bond donors (Lipinski definition) is 1. The highest BCUT2D eigenvalue weighted by Gasteiger charge is 2.13. The molecular formula is C12H15BrO5. The Morgan fingerprint density at radius 3 is 2.67 bits per heavy atom. The molecule has 0 heterocycles. The van der Waals surface area contributed by atoms with Crippen LogP contribution < -0.4 is 4.74 Å². The Kier molecular flexibility index (Phi) is 6.70. The van der Waals surface area contributed by atoms with Crippen molar-refractivity contribution in [2.75, 3.05) is 33.5 Å². The summed E-state index contributed by atoms with van der Waals surface area (Å²) in [4.78, 5) is 11.0. The Morgan fingerprint density at radius 1 is 1.28 bits per heavy atom. The number of para-hydroxylation sites is 1. The molecule has 1 rings (SSSR count). The van der Waals surface area contributed by atoms with Crippen molar-refractivity contribution >= 4 is 21.9 Å². The molecule has 0 unspecified atom stereocenters. The first-order chi connectivity index (χ1) is 8.66. The van der Waals surface area contributed by atoms with E-state index in [2.05, 4.69) is 15.9 Å². The second-order valence-electron chi connectivity index (χ2n) is 3.38. The first kappa shape index (κ1) is 14.9. The summed E-state index contributed by atoms with van der Waals surface area (Å²) in [7, 11) is 1.60. The lowest BCUT2D eigenvalue weighted by atomic mass is 10.2. The molecule has 0 saturated carbocycles. The van der Waals surface area contributed by atoms with Gasteiger partial charge in [-0.15, -0.1) is 0 Å². The molecule has 0 aromatic heterocycles. The van der Waals surface area contributed by atoms with Gasteiger partial charge in [0.05, 0.1) is 24.3 Å². The van der Waals surface area contributed by atoms with E-state index in [1.165, 1.54) is 6.07 Å². The molecule has 0 atom stereocenters. The lowest BCUT2D eigenvalue weighted by Crippen LogP contribution is -2.12. The molecule has 0 spiro atoms. The van der Waals surface area contributed by atoms with E-state index in [0.29, 0.717) is 30.0 Å². The third kappa shape index (κ3) is 4.64. The van der Waals surface area contributed by atoms with Crippen LogP contribution in [-0.2, 0) is 9.47 Å². The minimum Gasteiger partial charge on any atom is -0.489 e. The Hall–Kier alpha value is -1.11. The average molecular weight is 319 g/mol. The Balaban J connectivity index is 2.48. The van der Waals surface area contributed by atoms with Gasteiger partial charge in [-0.05, 0) is 28.1 Å². The number of carbonyl (C=O) groups is 1. The number of carboxylic acids is 1. The van der Waals surface area contributed by atoms with Gasteiger partial charge >= 0.3 is 5.97 Å². The van der Waals surface area contributed by atoms with Crippen LogP contribution in [-0.4, -0.2) is 44.6 Å². The largest absolute Gasteiger partial charge is 0.489 e. The minimum absolute atomic E-state index is 0.126. The number of carboxylic acid groups (broad SMARTS) is 1. The summed E-state index contributed by atoms with van der Waals surface area (Å²) in [6, 6.07) is 4.87. The normalized spacial score (nSPS) is 10.3. The molecule has 0 bridgehead atoms. The molecule has 0 aliphatic carbocycles. The van der Waals surface area contributed by atoms with Crippen LogP contribution in [0.5, 0.6) is 5.75 Å². The zero-order valence-corrected chi connectivity index (χ0v) is 11.6. The van der Waals surface area contributed by atoms with Crippen molar-refractivity contribution in [1.29, 1.82) is 0 Å². The maximum Gasteiger partial charge on any atom is 0.339 e. The van der Waals surface area contributed by atoms with Crippen molar-refractivity contribution in [2.45, 2.75) is 0 Å². The summed E-state index contributed by atoms with van der Waals surface area (Å²) in [6.45, 7) is 1.67. The number of benzene rings is 1. The molecule has 0 radical (unpaired) electrons. The van der Waals surface area contributed by atoms with E-state index >= 15 is 0 Å². The van der Waals surface area contributed by atoms with E-state index in [9.17, 15) is 4.79 Å². The van der Waals surface area contributed by atoms with Crippen LogP contribution in [0.25, 0.3) is 0 Å². The van der Waals surface area contributed by atoms with Crippen LogP contribution >= 0.6 is 15.9 Å². The number of aromatic carboxylic acids is 1. The molecular weight excluding hydrogens is 304 g/mol. The third-order valence-corrected chi connectivity index (χ3v) is 2.73. The fourth-order valence-corrected chi connectivity index (χ4v) is 1.75. The lowest BCUT2D eigenvalue weighted by molar-refractivity contribution is 0.0534. The molecule has 0 saturated heterocycles. The molecule has 0 aliphatic heterocycles. The van der Waals surface area contributed by atoms with Gasteiger partial charge in [0.1, 0.15) is 17.9 Å². The van der Waals surface area contributed by atoms with Gasteiger partial charge in [0, 0.05) is 7.11 Å². The number of methoxy groups -OCH3 is 1. The molecule has 18 heavy (non-hydrogen) atoms. The van der Waals surface area contributed by atoms with E-state index in [4.69, 9.17) is 19.3 Å². The topological polar surface area (TPSA) is 65.0 Å². The molecule has 0 fully saturated rings. The second-order valence-corrected chi connectivity index (χ2v) is 4.23. The van der Waals surface area contributed by atoms with Crippen molar-refractivity contribution in [3.63, 3.8) is 0 Å². The molecule has 100 valence electrons. The lowest BCUT2D eigenvalue weighted by Gasteiger charge is -2.11. The summed E-state index contributed by atoms with van der Waals surface area (Å²) >= 11 is 3.26. The Bertz CT molecular complexity index is 394. The maximum absolute atomic E-state index is 11.0. The van der Waals surface area contributed by atoms with Crippen molar-refractivity contribution in [2.24, 2.45) is 0 Å². The average Bonchev–Trinajstić information content (AvgIpc) is 2.34. The van der Waals surface area contributed by atoms with Gasteiger partial charge in [-0.1, -0.05) is 6.07 Å². The van der Waals surface area contributed by atoms with Gasteiger partial charge in [-0.3, -0.25) is 0 Å². The van der Waals surface area contributed by atoms with Gasteiger partial charge < -0.3 is 19.3 Å². The highest BCUT2D eigenvalue weighted by Crippen LogP contribution is 2.28. The predicted octanol–water partition coefficient (Wildman–Crippen LogP) is 2.19. The third-order valence-electron chi connectivity index (χ3n) is 2.10. The van der Waals surface area contributed by atoms with Crippen LogP contribution in [0.2, 0.25) is 0 Å². The summed E-state index contributed by atoms with van der Waals surface area (Å²) in [5, 5.41) is 9.01. The molecule has 1 N–H and O–H groups in total. The number of halogens is 1. The van der Waals surface area contributed by atoms with E-state index in [1.807, 2.05) is 0 Å². The zero-order valence-electron chi connectivity index (χ0n) is 10.0. The summed E-state index contributed by atoms with van der Waals surface area (Å²) < 4.78 is 16.1. The molecule has 1 aromatic rings. The van der Waals surface area contributed by atoms with Crippen LogP contribution in [0.1, 0.15) is 10.4 Å². The molecule has 5 nitrogen and oxygen atoms in total. The van der Waals surface area contributed by atoms with Gasteiger partial charge in [-0.2, -0.15) is 0 Å². The number of ether oxygens (including phenoxy) is 3. The molecule has 0 amide bonds. The zero-order chi connectivity index (χ0) is 13.4. The van der Waals surface area contributed by atoms with E-state index in [-0.39, 0.29) is 12.2 Å². The molecule has 0 aliphatic rings. The minimum atomic E-state index is -1.02. The van der Waals surface area contributed by atoms with E-state index in [0.717, 1.165) is 0 Å². The van der Waals surface area contributed by atoms with Crippen LogP contribution in [0.3, 0.4) is 0 Å². The number of rotatable bonds is 8. The SMILES string of the molecule is COCCOCCOc1c(Br)cccc1C(=O)O. The van der Waals surface area contributed by atoms with Crippen LogP contribution in [0, 0.1) is 0 Å². The van der Waals surface area contributed by atoms with E-state index < -0.39 is 5.97 Å². The second kappa shape index (κ2) is 8.07. The standard InChI is InChI=1S/C12H15BrO5/c1-16-5-6-17-7-8-18-11-9(12(14)15)3-2-4-10(11)13/h2-4H,5-8H2,1H3,(H,14,15). The van der Waals surface area contributed by atoms with Gasteiger partial charge in [-0.25, -0.2) is 4.79 Å². The maximum atomic E-state index is 11.0. The fraction of sp³-hybridized carbons (Fsp3) is 0.417. The predicted molar refractivity (Wildman–Crippen MR) is 69.3 cm³/mol. The molecule has 1 aromatic carbocycles. The summed E-state index contributed by atoms with van der Waals surface area (Å²) in [5.41, 5.74) is 0.126. The number of hydrogen-bond acceptors (Lipinski definition) is 4.